The minimum atomic E-state index is -5.05. The predicted molar refractivity (Wildman–Crippen MR) is 48.5 cm³/mol. The molecule has 0 aliphatic heterocycles. The van der Waals surface area contributed by atoms with Gasteiger partial charge >= 0.3 is 12.4 Å². The maximum absolute atomic E-state index is 12.5. The number of aromatic nitrogens is 1. The Morgan fingerprint density at radius 3 is 1.72 bits per heavy atom. The van der Waals surface area contributed by atoms with Gasteiger partial charge in [-0.3, -0.25) is 9.78 Å². The number of pyridine rings is 1. The fourth-order valence-electron chi connectivity index (χ4n) is 1.20. The second kappa shape index (κ2) is 4.46. The van der Waals surface area contributed by atoms with E-state index in [0.29, 0.717) is 0 Å². The Labute approximate surface area is 96.8 Å². The van der Waals surface area contributed by atoms with E-state index in [-0.39, 0.29) is 12.4 Å². The highest BCUT2D eigenvalue weighted by atomic mass is 19.4. The molecule has 1 rings (SSSR count). The van der Waals surface area contributed by atoms with Gasteiger partial charge in [0.05, 0.1) is 16.8 Å². The van der Waals surface area contributed by atoms with Crippen LogP contribution in [0.1, 0.15) is 18.1 Å². The van der Waals surface area contributed by atoms with Crippen molar-refractivity contribution in [1.29, 1.82) is 0 Å². The summed E-state index contributed by atoms with van der Waals surface area (Å²) in [5, 5.41) is 1.54. The number of alkyl halides is 6. The first-order chi connectivity index (χ1) is 8.03. The highest BCUT2D eigenvalue weighted by molar-refractivity contribution is 5.90. The van der Waals surface area contributed by atoms with E-state index in [4.69, 9.17) is 0 Å². The monoisotopic (exact) mass is 272 g/mol. The molecule has 0 aliphatic rings. The molecule has 1 aromatic heterocycles. The van der Waals surface area contributed by atoms with Crippen LogP contribution in [-0.2, 0) is 17.1 Å². The van der Waals surface area contributed by atoms with Gasteiger partial charge in [0.15, 0.2) is 0 Å². The molecule has 1 heterocycles. The molecule has 1 N–H and O–H groups in total. The quantitative estimate of drug-likeness (QED) is 0.798. The molecule has 0 bridgehead atoms. The standard InChI is InChI=1S/C9H6F6N2O/c1-4(18)17-7-5(8(10,11)12)2-16-3-6(7)9(13,14)15/h2-3H,1H3,(H,16,17,18). The fraction of sp³-hybridized carbons (Fsp3) is 0.333. The Bertz CT molecular complexity index is 433. The lowest BCUT2D eigenvalue weighted by molar-refractivity contribution is -0.142. The summed E-state index contributed by atoms with van der Waals surface area (Å²) in [5.41, 5.74) is -4.63. The third-order valence-electron chi connectivity index (χ3n) is 1.86. The lowest BCUT2D eigenvalue weighted by Gasteiger charge is -2.17. The van der Waals surface area contributed by atoms with Gasteiger partial charge in [0.25, 0.3) is 0 Å². The number of anilines is 1. The van der Waals surface area contributed by atoms with Gasteiger partial charge in [-0.05, 0) is 0 Å². The number of halogens is 6. The number of rotatable bonds is 1. The minimum Gasteiger partial charge on any atom is -0.325 e. The van der Waals surface area contributed by atoms with E-state index in [1.165, 1.54) is 5.32 Å². The summed E-state index contributed by atoms with van der Waals surface area (Å²) >= 11 is 0. The van der Waals surface area contributed by atoms with Crippen molar-refractivity contribution in [3.8, 4) is 0 Å². The summed E-state index contributed by atoms with van der Waals surface area (Å²) in [6.07, 6.45) is -9.65. The van der Waals surface area contributed by atoms with Crippen LogP contribution in [0.25, 0.3) is 0 Å². The zero-order valence-electron chi connectivity index (χ0n) is 8.78. The molecular formula is C9H6F6N2O. The number of carbonyl (C=O) groups is 1. The average Bonchev–Trinajstić information content (AvgIpc) is 2.13. The highest BCUT2D eigenvalue weighted by Gasteiger charge is 2.41. The van der Waals surface area contributed by atoms with Crippen molar-refractivity contribution in [3.05, 3.63) is 23.5 Å². The van der Waals surface area contributed by atoms with Crippen molar-refractivity contribution in [3.63, 3.8) is 0 Å². The minimum absolute atomic E-state index is 0.223. The molecule has 3 nitrogen and oxygen atoms in total. The maximum atomic E-state index is 12.5. The van der Waals surface area contributed by atoms with Crippen molar-refractivity contribution in [2.75, 3.05) is 5.32 Å². The van der Waals surface area contributed by atoms with Crippen LogP contribution in [0.15, 0.2) is 12.4 Å². The number of hydrogen-bond donors (Lipinski definition) is 1. The van der Waals surface area contributed by atoms with Gasteiger partial charge in [-0.1, -0.05) is 0 Å². The SMILES string of the molecule is CC(=O)Nc1c(C(F)(F)F)cncc1C(F)(F)F. The van der Waals surface area contributed by atoms with E-state index in [9.17, 15) is 31.1 Å². The first kappa shape index (κ1) is 14.3. The van der Waals surface area contributed by atoms with E-state index >= 15 is 0 Å². The van der Waals surface area contributed by atoms with Crippen LogP contribution in [0.5, 0.6) is 0 Å². The maximum Gasteiger partial charge on any atom is 0.419 e. The summed E-state index contributed by atoms with van der Waals surface area (Å²) < 4.78 is 75.0. The molecule has 0 fully saturated rings. The molecule has 0 radical (unpaired) electrons. The van der Waals surface area contributed by atoms with Gasteiger partial charge in [0.1, 0.15) is 0 Å². The van der Waals surface area contributed by atoms with Gasteiger partial charge in [-0.15, -0.1) is 0 Å². The normalized spacial score (nSPS) is 12.4. The van der Waals surface area contributed by atoms with Gasteiger partial charge in [-0.25, -0.2) is 0 Å². The molecule has 9 heteroatoms. The first-order valence-electron chi connectivity index (χ1n) is 4.43. The van der Waals surface area contributed by atoms with Crippen LogP contribution in [-0.4, -0.2) is 10.9 Å². The van der Waals surface area contributed by atoms with Crippen molar-refractivity contribution in [2.45, 2.75) is 19.3 Å². The molecular weight excluding hydrogens is 266 g/mol. The van der Waals surface area contributed by atoms with Gasteiger partial charge in [0.2, 0.25) is 5.91 Å². The topological polar surface area (TPSA) is 42.0 Å². The summed E-state index contributed by atoms with van der Waals surface area (Å²) in [6.45, 7) is 0.806. The molecule has 0 saturated carbocycles. The van der Waals surface area contributed by atoms with Crippen molar-refractivity contribution in [2.24, 2.45) is 0 Å². The third-order valence-corrected chi connectivity index (χ3v) is 1.86. The van der Waals surface area contributed by atoms with Crippen LogP contribution in [0, 0.1) is 0 Å². The van der Waals surface area contributed by atoms with E-state index in [1.54, 1.807) is 0 Å². The summed E-state index contributed by atoms with van der Waals surface area (Å²) in [6, 6.07) is 0. The van der Waals surface area contributed by atoms with Crippen molar-refractivity contribution >= 4 is 11.6 Å². The molecule has 100 valence electrons. The molecule has 0 atom stereocenters. The van der Waals surface area contributed by atoms with Crippen molar-refractivity contribution < 1.29 is 31.1 Å². The van der Waals surface area contributed by atoms with E-state index in [2.05, 4.69) is 4.98 Å². The van der Waals surface area contributed by atoms with E-state index in [1.807, 2.05) is 0 Å². The Morgan fingerprint density at radius 2 is 1.44 bits per heavy atom. The zero-order chi connectivity index (χ0) is 14.1. The smallest absolute Gasteiger partial charge is 0.325 e. The molecule has 0 aromatic carbocycles. The van der Waals surface area contributed by atoms with Crippen LogP contribution >= 0.6 is 0 Å². The predicted octanol–water partition coefficient (Wildman–Crippen LogP) is 3.08. The first-order valence-corrected chi connectivity index (χ1v) is 4.43. The lowest BCUT2D eigenvalue weighted by Crippen LogP contribution is -2.20. The Balaban J connectivity index is 3.50. The molecule has 1 amide bonds. The van der Waals surface area contributed by atoms with Crippen LogP contribution in [0.2, 0.25) is 0 Å². The molecule has 0 spiro atoms. The largest absolute Gasteiger partial charge is 0.419 e. The van der Waals surface area contributed by atoms with Gasteiger partial charge in [0, 0.05) is 19.3 Å². The molecule has 18 heavy (non-hydrogen) atoms. The Kier molecular flexibility index (Phi) is 3.54. The zero-order valence-corrected chi connectivity index (χ0v) is 8.78. The number of carbonyl (C=O) groups excluding carboxylic acids is 1. The Hall–Kier alpha value is -1.80. The number of nitrogens with one attached hydrogen (secondary N) is 1. The number of nitrogens with zero attached hydrogens (tertiary/aromatic N) is 1. The molecule has 0 saturated heterocycles. The number of hydrogen-bond acceptors (Lipinski definition) is 2. The third kappa shape index (κ3) is 3.11. The lowest BCUT2D eigenvalue weighted by atomic mass is 10.1. The van der Waals surface area contributed by atoms with Crippen LogP contribution in [0.3, 0.4) is 0 Å². The van der Waals surface area contributed by atoms with Crippen LogP contribution in [0.4, 0.5) is 32.0 Å². The fourth-order valence-corrected chi connectivity index (χ4v) is 1.20. The second-order valence-electron chi connectivity index (χ2n) is 3.29. The van der Waals surface area contributed by atoms with Crippen LogP contribution < -0.4 is 5.32 Å². The Morgan fingerprint density at radius 1 is 1.06 bits per heavy atom. The van der Waals surface area contributed by atoms with E-state index < -0.39 is 35.1 Å². The summed E-state index contributed by atoms with van der Waals surface area (Å²) in [4.78, 5) is 13.6. The van der Waals surface area contributed by atoms with Crippen molar-refractivity contribution in [1.82, 2.24) is 4.98 Å². The van der Waals surface area contributed by atoms with Gasteiger partial charge in [-0.2, -0.15) is 26.3 Å². The molecule has 1 aromatic rings. The molecule has 0 unspecified atom stereocenters. The number of amides is 1. The average molecular weight is 272 g/mol. The van der Waals surface area contributed by atoms with Gasteiger partial charge < -0.3 is 5.32 Å². The van der Waals surface area contributed by atoms with E-state index in [0.717, 1.165) is 6.92 Å². The summed E-state index contributed by atoms with van der Waals surface area (Å²) in [7, 11) is 0. The highest BCUT2D eigenvalue weighted by Crippen LogP contribution is 2.41. The molecule has 0 aliphatic carbocycles. The summed E-state index contributed by atoms with van der Waals surface area (Å²) in [5.74, 6) is -1.04. The second-order valence-corrected chi connectivity index (χ2v) is 3.29.